The first-order valence-corrected chi connectivity index (χ1v) is 8.71. The smallest absolute Gasteiger partial charge is 0.324 e. The maximum atomic E-state index is 12.5. The Labute approximate surface area is 145 Å². The van der Waals surface area contributed by atoms with E-state index in [4.69, 9.17) is 0 Å². The highest BCUT2D eigenvalue weighted by Gasteiger charge is 2.33. The second kappa shape index (κ2) is 7.80. The van der Waals surface area contributed by atoms with Crippen LogP contribution in [0.5, 0.6) is 0 Å². The molecule has 0 spiro atoms. The van der Waals surface area contributed by atoms with Crippen molar-refractivity contribution in [2.45, 2.75) is 10.8 Å². The topological polar surface area (TPSA) is 98.8 Å². The number of carbonyl (C=O) groups excluding carboxylic acids is 2. The number of para-hydroxylation sites is 1. The number of hydrogen-bond donors (Lipinski definition) is 1. The molecule has 0 amide bonds. The molecule has 0 aliphatic rings. The van der Waals surface area contributed by atoms with Gasteiger partial charge in [0, 0.05) is 5.56 Å². The van der Waals surface area contributed by atoms with Crippen LogP contribution in [-0.4, -0.2) is 34.6 Å². The molecule has 0 heterocycles. The Kier molecular flexibility index (Phi) is 5.76. The van der Waals surface area contributed by atoms with Gasteiger partial charge < -0.3 is 9.47 Å². The summed E-state index contributed by atoms with van der Waals surface area (Å²) in [6.45, 7) is 0. The third kappa shape index (κ3) is 4.16. The van der Waals surface area contributed by atoms with Gasteiger partial charge in [0.1, 0.15) is 0 Å². The third-order valence-electron chi connectivity index (χ3n) is 3.44. The molecular weight excluding hydrogens is 346 g/mol. The van der Waals surface area contributed by atoms with Gasteiger partial charge in [0.2, 0.25) is 0 Å². The molecule has 2 aromatic carbocycles. The van der Waals surface area contributed by atoms with Gasteiger partial charge in [-0.15, -0.1) is 0 Å². The summed E-state index contributed by atoms with van der Waals surface area (Å²) in [6.07, 6.45) is 0. The van der Waals surface area contributed by atoms with Crippen LogP contribution in [0.25, 0.3) is 0 Å². The zero-order valence-electron chi connectivity index (χ0n) is 13.6. The first-order valence-electron chi connectivity index (χ1n) is 7.23. The summed E-state index contributed by atoms with van der Waals surface area (Å²) in [4.78, 5) is 24.1. The van der Waals surface area contributed by atoms with Crippen LogP contribution >= 0.6 is 0 Å². The maximum Gasteiger partial charge on any atom is 0.324 e. The molecule has 25 heavy (non-hydrogen) atoms. The second-order valence-corrected chi connectivity index (χ2v) is 6.67. The van der Waals surface area contributed by atoms with E-state index in [-0.39, 0.29) is 16.1 Å². The van der Waals surface area contributed by atoms with Gasteiger partial charge in [-0.1, -0.05) is 36.4 Å². The van der Waals surface area contributed by atoms with E-state index in [1.54, 1.807) is 30.3 Å². The molecule has 0 bridgehead atoms. The van der Waals surface area contributed by atoms with Crippen LogP contribution in [0.15, 0.2) is 59.5 Å². The maximum absolute atomic E-state index is 12.5. The van der Waals surface area contributed by atoms with Crippen molar-refractivity contribution in [3.8, 4) is 0 Å². The molecule has 0 saturated carbocycles. The Hall–Kier alpha value is -2.87. The molecule has 0 radical (unpaired) electrons. The quantitative estimate of drug-likeness (QED) is 0.622. The molecule has 1 N–H and O–H groups in total. The number of anilines is 1. The third-order valence-corrected chi connectivity index (χ3v) is 4.82. The molecule has 0 aliphatic carbocycles. The van der Waals surface area contributed by atoms with E-state index in [0.29, 0.717) is 0 Å². The fraction of sp³-hybridized carbons (Fsp3) is 0.176. The summed E-state index contributed by atoms with van der Waals surface area (Å²) in [5.74, 6) is -3.10. The van der Waals surface area contributed by atoms with Crippen LogP contribution in [0.2, 0.25) is 0 Å². The van der Waals surface area contributed by atoms with Crippen LogP contribution in [0.1, 0.15) is 11.5 Å². The summed E-state index contributed by atoms with van der Waals surface area (Å²) in [7, 11) is -1.62. The van der Waals surface area contributed by atoms with Crippen molar-refractivity contribution in [1.29, 1.82) is 0 Å². The number of methoxy groups -OCH3 is 2. The molecule has 2 aromatic rings. The van der Waals surface area contributed by atoms with Gasteiger partial charge in [0.25, 0.3) is 10.0 Å². The molecule has 2 rings (SSSR count). The van der Waals surface area contributed by atoms with Gasteiger partial charge in [-0.2, -0.15) is 0 Å². The fourth-order valence-corrected chi connectivity index (χ4v) is 3.34. The van der Waals surface area contributed by atoms with Gasteiger partial charge in [0.15, 0.2) is 5.92 Å². The van der Waals surface area contributed by atoms with Crippen LogP contribution < -0.4 is 4.72 Å². The molecule has 8 heteroatoms. The van der Waals surface area contributed by atoms with E-state index >= 15 is 0 Å². The van der Waals surface area contributed by atoms with Crippen molar-refractivity contribution in [3.05, 3.63) is 60.2 Å². The Morgan fingerprint density at radius 2 is 1.40 bits per heavy atom. The highest BCUT2D eigenvalue weighted by atomic mass is 32.2. The Balaban J connectivity index is 2.47. The van der Waals surface area contributed by atoms with Gasteiger partial charge in [-0.3, -0.25) is 14.3 Å². The summed E-state index contributed by atoms with van der Waals surface area (Å²) in [6, 6.07) is 13.8. The lowest BCUT2D eigenvalue weighted by atomic mass is 9.97. The molecule has 0 fully saturated rings. The molecule has 132 valence electrons. The monoisotopic (exact) mass is 363 g/mol. The predicted molar refractivity (Wildman–Crippen MR) is 90.5 cm³/mol. The minimum absolute atomic E-state index is 0.0532. The minimum atomic E-state index is -3.89. The number of benzene rings is 2. The Morgan fingerprint density at radius 1 is 0.880 bits per heavy atom. The van der Waals surface area contributed by atoms with Crippen molar-refractivity contribution in [2.24, 2.45) is 0 Å². The van der Waals surface area contributed by atoms with Crippen LogP contribution in [0.3, 0.4) is 0 Å². The average molecular weight is 363 g/mol. The van der Waals surface area contributed by atoms with Crippen LogP contribution in [0, 0.1) is 0 Å². The van der Waals surface area contributed by atoms with Crippen molar-refractivity contribution < 1.29 is 27.5 Å². The Morgan fingerprint density at radius 3 is 1.96 bits per heavy atom. The molecule has 0 aromatic heterocycles. The average Bonchev–Trinajstić information content (AvgIpc) is 2.63. The van der Waals surface area contributed by atoms with E-state index in [9.17, 15) is 18.0 Å². The lowest BCUT2D eigenvalue weighted by Gasteiger charge is -2.17. The number of esters is 2. The molecule has 0 aliphatic heterocycles. The molecule has 0 saturated heterocycles. The van der Waals surface area contributed by atoms with Gasteiger partial charge >= 0.3 is 11.9 Å². The van der Waals surface area contributed by atoms with Crippen LogP contribution in [-0.2, 0) is 29.1 Å². The number of sulfonamides is 1. The van der Waals surface area contributed by atoms with Crippen LogP contribution in [0.4, 0.5) is 5.69 Å². The van der Waals surface area contributed by atoms with Crippen molar-refractivity contribution >= 4 is 27.6 Å². The largest absolute Gasteiger partial charge is 0.468 e. The van der Waals surface area contributed by atoms with Gasteiger partial charge in [-0.25, -0.2) is 8.42 Å². The highest BCUT2D eigenvalue weighted by molar-refractivity contribution is 7.92. The van der Waals surface area contributed by atoms with Crippen molar-refractivity contribution in [1.82, 2.24) is 0 Å². The van der Waals surface area contributed by atoms with Gasteiger partial charge in [-0.05, 0) is 18.2 Å². The SMILES string of the molecule is COC(=O)C(C(=O)OC)c1ccccc1NS(=O)(=O)c1ccccc1. The Bertz CT molecular complexity index is 848. The number of rotatable bonds is 6. The second-order valence-electron chi connectivity index (χ2n) is 4.99. The van der Waals surface area contributed by atoms with Crippen molar-refractivity contribution in [2.75, 3.05) is 18.9 Å². The minimum Gasteiger partial charge on any atom is -0.468 e. The summed E-state index contributed by atoms with van der Waals surface area (Å²) in [5.41, 5.74) is 0.229. The number of ether oxygens (including phenoxy) is 2. The molecule has 7 nitrogen and oxygen atoms in total. The fourth-order valence-electron chi connectivity index (χ4n) is 2.23. The van der Waals surface area contributed by atoms with E-state index in [0.717, 1.165) is 14.2 Å². The number of nitrogens with one attached hydrogen (secondary N) is 1. The number of carbonyl (C=O) groups is 2. The van der Waals surface area contributed by atoms with Gasteiger partial charge in [0.05, 0.1) is 24.8 Å². The summed E-state index contributed by atoms with van der Waals surface area (Å²) in [5, 5.41) is 0. The zero-order chi connectivity index (χ0) is 18.4. The molecular formula is C17H17NO6S. The van der Waals surface area contributed by atoms with Crippen molar-refractivity contribution in [3.63, 3.8) is 0 Å². The number of hydrogen-bond acceptors (Lipinski definition) is 6. The standard InChI is InChI=1S/C17H17NO6S/c1-23-16(19)15(17(20)24-2)13-10-6-7-11-14(13)18-25(21,22)12-8-4-3-5-9-12/h3-11,15,18H,1-2H3. The van der Waals surface area contributed by atoms with E-state index in [1.165, 1.54) is 24.3 Å². The molecule has 0 unspecified atom stereocenters. The lowest BCUT2D eigenvalue weighted by molar-refractivity contribution is -0.154. The van der Waals surface area contributed by atoms with E-state index < -0.39 is 27.9 Å². The first kappa shape index (κ1) is 18.5. The van der Waals surface area contributed by atoms with E-state index in [2.05, 4.69) is 14.2 Å². The van der Waals surface area contributed by atoms with E-state index in [1.807, 2.05) is 0 Å². The predicted octanol–water partition coefficient (Wildman–Crippen LogP) is 1.92. The normalized spacial score (nSPS) is 11.0. The zero-order valence-corrected chi connectivity index (χ0v) is 14.4. The highest BCUT2D eigenvalue weighted by Crippen LogP contribution is 2.28. The molecule has 0 atom stereocenters. The summed E-state index contributed by atoms with van der Waals surface area (Å²) < 4.78 is 36.7. The first-order chi connectivity index (χ1) is 11.9. The summed E-state index contributed by atoms with van der Waals surface area (Å²) >= 11 is 0. The lowest BCUT2D eigenvalue weighted by Crippen LogP contribution is -2.26.